The van der Waals surface area contributed by atoms with E-state index in [1.54, 1.807) is 31.2 Å². The van der Waals surface area contributed by atoms with Crippen LogP contribution in [0.3, 0.4) is 0 Å². The molecule has 1 aliphatic heterocycles. The first-order valence-electron chi connectivity index (χ1n) is 11.2. The number of Topliss-reactive ketones (excluding diaryl/α,β-unsaturated/α-hetero) is 1. The fourth-order valence-electron chi connectivity index (χ4n) is 4.70. The summed E-state index contributed by atoms with van der Waals surface area (Å²) in [5.74, 6) is -1.38. The van der Waals surface area contributed by atoms with E-state index in [4.69, 9.17) is 21.1 Å². The van der Waals surface area contributed by atoms with E-state index < -0.39 is 16.8 Å². The number of nitro groups is 1. The predicted molar refractivity (Wildman–Crippen MR) is 130 cm³/mol. The van der Waals surface area contributed by atoms with Crippen LogP contribution in [0.4, 0.5) is 5.69 Å². The number of carbonyl (C=O) groups excluding carboxylic acids is 2. The van der Waals surface area contributed by atoms with Crippen LogP contribution in [0.2, 0.25) is 5.02 Å². The highest BCUT2D eigenvalue weighted by Gasteiger charge is 2.41. The van der Waals surface area contributed by atoms with Gasteiger partial charge in [0.2, 0.25) is 0 Å². The van der Waals surface area contributed by atoms with Crippen molar-refractivity contribution in [3.8, 4) is 0 Å². The van der Waals surface area contributed by atoms with Gasteiger partial charge in [0.05, 0.1) is 17.1 Å². The average Bonchev–Trinajstić information content (AvgIpc) is 2.83. The van der Waals surface area contributed by atoms with Crippen LogP contribution in [-0.2, 0) is 19.1 Å². The molecule has 0 spiro atoms. The van der Waals surface area contributed by atoms with E-state index in [9.17, 15) is 19.7 Å². The first kappa shape index (κ1) is 24.6. The molecule has 182 valence electrons. The summed E-state index contributed by atoms with van der Waals surface area (Å²) in [5.41, 5.74) is 3.69. The van der Waals surface area contributed by atoms with Gasteiger partial charge in [-0.2, -0.15) is 0 Å². The number of nitrogens with one attached hydrogen (secondary N) is 1. The number of non-ortho nitro benzene ring substituents is 1. The SMILES string of the molecule is COCCOC(=O)C1=C(C)NC2=C(C(=O)C[C@@H](c3ccc(Cl)cc3)C2)[C@H]1c1ccc([N+](=O)[O-])cc1. The number of hydrogen-bond donors (Lipinski definition) is 1. The van der Waals surface area contributed by atoms with Crippen molar-refractivity contribution < 1.29 is 24.0 Å². The van der Waals surface area contributed by atoms with Crippen molar-refractivity contribution in [1.29, 1.82) is 0 Å². The molecule has 0 fully saturated rings. The summed E-state index contributed by atoms with van der Waals surface area (Å²) in [6.07, 6.45) is 0.853. The largest absolute Gasteiger partial charge is 0.460 e. The van der Waals surface area contributed by atoms with Crippen molar-refractivity contribution in [3.05, 3.63) is 97.3 Å². The van der Waals surface area contributed by atoms with Gasteiger partial charge in [0.25, 0.3) is 5.69 Å². The zero-order chi connectivity index (χ0) is 25.1. The first-order chi connectivity index (χ1) is 16.8. The van der Waals surface area contributed by atoms with Gasteiger partial charge in [0.1, 0.15) is 6.61 Å². The molecule has 0 bridgehead atoms. The van der Waals surface area contributed by atoms with Crippen LogP contribution in [0.1, 0.15) is 42.7 Å². The van der Waals surface area contributed by atoms with Crippen molar-refractivity contribution in [2.75, 3.05) is 20.3 Å². The molecule has 2 aliphatic rings. The monoisotopic (exact) mass is 496 g/mol. The number of dihydropyridines is 1. The number of methoxy groups -OCH3 is 1. The molecule has 1 aliphatic carbocycles. The van der Waals surface area contributed by atoms with Crippen molar-refractivity contribution >= 4 is 29.0 Å². The Balaban J connectivity index is 1.75. The van der Waals surface area contributed by atoms with Crippen LogP contribution < -0.4 is 5.32 Å². The maximum absolute atomic E-state index is 13.5. The third-order valence-corrected chi connectivity index (χ3v) is 6.60. The van der Waals surface area contributed by atoms with E-state index in [2.05, 4.69) is 5.32 Å². The molecule has 4 rings (SSSR count). The molecule has 8 nitrogen and oxygen atoms in total. The van der Waals surface area contributed by atoms with Gasteiger partial charge in [-0.3, -0.25) is 14.9 Å². The molecule has 0 aromatic heterocycles. The molecule has 1 heterocycles. The lowest BCUT2D eigenvalue weighted by atomic mass is 9.71. The second-order valence-electron chi connectivity index (χ2n) is 8.55. The lowest BCUT2D eigenvalue weighted by Gasteiger charge is -2.36. The number of ether oxygens (including phenoxy) is 2. The molecule has 0 unspecified atom stereocenters. The molecule has 0 radical (unpaired) electrons. The smallest absolute Gasteiger partial charge is 0.336 e. The molecule has 35 heavy (non-hydrogen) atoms. The summed E-state index contributed by atoms with van der Waals surface area (Å²) in [6, 6.07) is 13.4. The minimum atomic E-state index is -0.694. The Morgan fingerprint density at radius 1 is 1.09 bits per heavy atom. The van der Waals surface area contributed by atoms with Gasteiger partial charge in [-0.1, -0.05) is 35.9 Å². The summed E-state index contributed by atoms with van der Waals surface area (Å²) in [5, 5.41) is 15.1. The molecule has 0 amide bonds. The van der Waals surface area contributed by atoms with Gasteiger partial charge in [-0.05, 0) is 42.5 Å². The lowest BCUT2D eigenvalue weighted by Crippen LogP contribution is -2.36. The summed E-state index contributed by atoms with van der Waals surface area (Å²) in [7, 11) is 1.51. The molecular weight excluding hydrogens is 472 g/mol. The number of rotatable bonds is 7. The van der Waals surface area contributed by atoms with Crippen LogP contribution in [0.25, 0.3) is 0 Å². The fraction of sp³-hybridized carbons (Fsp3) is 0.308. The number of carbonyl (C=O) groups is 2. The molecule has 2 aromatic carbocycles. The summed E-state index contributed by atoms with van der Waals surface area (Å²) < 4.78 is 10.4. The van der Waals surface area contributed by atoms with E-state index >= 15 is 0 Å². The second-order valence-corrected chi connectivity index (χ2v) is 8.98. The lowest BCUT2D eigenvalue weighted by molar-refractivity contribution is -0.384. The highest BCUT2D eigenvalue weighted by atomic mass is 35.5. The number of benzene rings is 2. The number of allylic oxidation sites excluding steroid dienone is 3. The Labute approximate surface area is 207 Å². The van der Waals surface area contributed by atoms with Crippen molar-refractivity contribution in [2.24, 2.45) is 0 Å². The zero-order valence-electron chi connectivity index (χ0n) is 19.4. The quantitative estimate of drug-likeness (QED) is 0.254. The highest BCUT2D eigenvalue weighted by molar-refractivity contribution is 6.30. The normalized spacial score (nSPS) is 19.8. The molecule has 2 aromatic rings. The first-order valence-corrected chi connectivity index (χ1v) is 11.6. The zero-order valence-corrected chi connectivity index (χ0v) is 20.1. The van der Waals surface area contributed by atoms with E-state index in [1.807, 2.05) is 12.1 Å². The molecule has 0 saturated heterocycles. The third-order valence-electron chi connectivity index (χ3n) is 6.35. The Hall–Kier alpha value is -3.49. The average molecular weight is 497 g/mol. The molecule has 9 heteroatoms. The van der Waals surface area contributed by atoms with Gasteiger partial charge in [-0.25, -0.2) is 4.79 Å². The summed E-state index contributed by atoms with van der Waals surface area (Å²) >= 11 is 6.03. The van der Waals surface area contributed by atoms with E-state index in [1.165, 1.54) is 19.2 Å². The van der Waals surface area contributed by atoms with Crippen LogP contribution >= 0.6 is 11.6 Å². The topological polar surface area (TPSA) is 108 Å². The van der Waals surface area contributed by atoms with Gasteiger partial charge >= 0.3 is 5.97 Å². The Kier molecular flexibility index (Phi) is 7.33. The van der Waals surface area contributed by atoms with E-state index in [0.717, 1.165) is 11.3 Å². The Morgan fingerprint density at radius 3 is 2.37 bits per heavy atom. The van der Waals surface area contributed by atoms with Gasteiger partial charge < -0.3 is 14.8 Å². The molecular formula is C26H25ClN2O6. The predicted octanol–water partition coefficient (Wildman–Crippen LogP) is 4.80. The molecule has 1 N–H and O–H groups in total. The van der Waals surface area contributed by atoms with Crippen LogP contribution in [0.5, 0.6) is 0 Å². The van der Waals surface area contributed by atoms with Crippen molar-refractivity contribution in [2.45, 2.75) is 31.6 Å². The summed E-state index contributed by atoms with van der Waals surface area (Å²) in [6.45, 7) is 2.08. The number of esters is 1. The van der Waals surface area contributed by atoms with Gasteiger partial charge in [0.15, 0.2) is 5.78 Å². The van der Waals surface area contributed by atoms with Crippen LogP contribution in [0, 0.1) is 10.1 Å². The Bertz CT molecular complexity index is 1220. The molecule has 2 atom stereocenters. The summed E-state index contributed by atoms with van der Waals surface area (Å²) in [4.78, 5) is 37.3. The number of hydrogen-bond acceptors (Lipinski definition) is 7. The van der Waals surface area contributed by atoms with E-state index in [0.29, 0.717) is 33.9 Å². The van der Waals surface area contributed by atoms with Crippen molar-refractivity contribution in [3.63, 3.8) is 0 Å². The minimum absolute atomic E-state index is 0.0356. The second kappa shape index (κ2) is 10.4. The standard InChI is InChI=1S/C26H25ClN2O6/c1-15-23(26(31)35-12-11-34-2)24(17-5-9-20(10-6-17)29(32)33)25-21(28-15)13-18(14-22(25)30)16-3-7-19(27)8-4-16/h3-10,18,24,28H,11-14H2,1-2H3/t18-,24-/m0/s1. The molecule has 0 saturated carbocycles. The van der Waals surface area contributed by atoms with Gasteiger partial charge in [0, 0.05) is 53.6 Å². The highest BCUT2D eigenvalue weighted by Crippen LogP contribution is 2.46. The number of halogens is 1. The van der Waals surface area contributed by atoms with E-state index in [-0.39, 0.29) is 37.0 Å². The van der Waals surface area contributed by atoms with Gasteiger partial charge in [-0.15, -0.1) is 0 Å². The number of ketones is 1. The third kappa shape index (κ3) is 5.13. The van der Waals surface area contributed by atoms with Crippen molar-refractivity contribution in [1.82, 2.24) is 5.32 Å². The minimum Gasteiger partial charge on any atom is -0.460 e. The number of nitro benzene ring substituents is 1. The fourth-order valence-corrected chi connectivity index (χ4v) is 4.82. The Morgan fingerprint density at radius 2 is 1.74 bits per heavy atom. The number of nitrogens with zero attached hydrogens (tertiary/aromatic N) is 1. The van der Waals surface area contributed by atoms with Crippen LogP contribution in [-0.4, -0.2) is 37.0 Å². The maximum atomic E-state index is 13.5. The van der Waals surface area contributed by atoms with Crippen LogP contribution in [0.15, 0.2) is 71.1 Å². The maximum Gasteiger partial charge on any atom is 0.336 e.